The number of amides is 1. The molecule has 186 valence electrons. The van der Waals surface area contributed by atoms with Crippen LogP contribution in [0.5, 0.6) is 5.75 Å². The third kappa shape index (κ3) is 6.28. The summed E-state index contributed by atoms with van der Waals surface area (Å²) < 4.78 is 25.9. The van der Waals surface area contributed by atoms with Gasteiger partial charge in [-0.3, -0.25) is 9.59 Å². The lowest BCUT2D eigenvalue weighted by Gasteiger charge is -2.14. The van der Waals surface area contributed by atoms with Gasteiger partial charge in [0.15, 0.2) is 11.9 Å². The summed E-state index contributed by atoms with van der Waals surface area (Å²) in [6.45, 7) is 4.60. The fourth-order valence-electron chi connectivity index (χ4n) is 3.24. The maximum absolute atomic E-state index is 14.6. The van der Waals surface area contributed by atoms with E-state index in [1.54, 1.807) is 24.3 Å². The van der Waals surface area contributed by atoms with Crippen LogP contribution in [-0.4, -0.2) is 51.3 Å². The van der Waals surface area contributed by atoms with Crippen molar-refractivity contribution < 1.29 is 33.5 Å². The summed E-state index contributed by atoms with van der Waals surface area (Å²) in [5.41, 5.74) is 0.641. The summed E-state index contributed by atoms with van der Waals surface area (Å²) in [4.78, 5) is 28.6. The molecule has 0 saturated heterocycles. The van der Waals surface area contributed by atoms with Gasteiger partial charge in [-0.2, -0.15) is 4.98 Å². The molecule has 1 heterocycles. The summed E-state index contributed by atoms with van der Waals surface area (Å²) in [6, 6.07) is 9.74. The average Bonchev–Trinajstić information content (AvgIpc) is 3.35. The van der Waals surface area contributed by atoms with E-state index in [1.807, 2.05) is 20.8 Å². The number of halogens is 1. The molecule has 0 fully saturated rings. The number of nitrogens with one attached hydrogen (secondary N) is 1. The lowest BCUT2D eigenvalue weighted by molar-refractivity contribution is 0.0874. The minimum atomic E-state index is -0.890. The first-order valence-corrected chi connectivity index (χ1v) is 11.2. The zero-order valence-electron chi connectivity index (χ0n) is 19.7. The van der Waals surface area contributed by atoms with Crippen molar-refractivity contribution in [2.24, 2.45) is 5.92 Å². The van der Waals surface area contributed by atoms with Crippen molar-refractivity contribution in [1.29, 1.82) is 0 Å². The Morgan fingerprint density at radius 3 is 2.37 bits per heavy atom. The van der Waals surface area contributed by atoms with E-state index in [4.69, 9.17) is 19.5 Å². The lowest BCUT2D eigenvalue weighted by atomic mass is 10.0. The quantitative estimate of drug-likeness (QED) is 0.352. The van der Waals surface area contributed by atoms with Crippen molar-refractivity contribution in [3.8, 4) is 17.1 Å². The van der Waals surface area contributed by atoms with E-state index in [0.717, 1.165) is 6.07 Å². The van der Waals surface area contributed by atoms with Crippen LogP contribution in [0.1, 0.15) is 59.9 Å². The number of carbonyl (C=O) groups excluding carboxylic acids is 2. The van der Waals surface area contributed by atoms with Gasteiger partial charge in [-0.05, 0) is 42.8 Å². The van der Waals surface area contributed by atoms with Gasteiger partial charge in [-0.15, -0.1) is 0 Å². The van der Waals surface area contributed by atoms with Gasteiger partial charge < -0.3 is 24.8 Å². The van der Waals surface area contributed by atoms with Crippen LogP contribution in [-0.2, 0) is 0 Å². The maximum Gasteiger partial charge on any atom is 0.268 e. The lowest BCUT2D eigenvalue weighted by Crippen LogP contribution is -2.40. The normalized spacial score (nSPS) is 12.1. The highest BCUT2D eigenvalue weighted by molar-refractivity contribution is 5.97. The van der Waals surface area contributed by atoms with E-state index in [2.05, 4.69) is 15.5 Å². The molecule has 1 atom stereocenters. The molecule has 10 heteroatoms. The van der Waals surface area contributed by atoms with Crippen LogP contribution in [0.2, 0.25) is 0 Å². The van der Waals surface area contributed by atoms with E-state index < -0.39 is 37.1 Å². The predicted octanol–water partition coefficient (Wildman–Crippen LogP) is 3.33. The van der Waals surface area contributed by atoms with Crippen LogP contribution in [0.25, 0.3) is 11.4 Å². The van der Waals surface area contributed by atoms with Crippen LogP contribution in [0.3, 0.4) is 0 Å². The van der Waals surface area contributed by atoms with E-state index >= 15 is 0 Å². The maximum atomic E-state index is 14.6. The molecule has 3 N–H and O–H groups in total. The Morgan fingerprint density at radius 2 is 1.80 bits per heavy atom. The largest absolute Gasteiger partial charge is 0.481 e. The highest BCUT2D eigenvalue weighted by Crippen LogP contribution is 2.27. The number of ketones is 1. The molecule has 1 unspecified atom stereocenters. The van der Waals surface area contributed by atoms with Crippen LogP contribution in [0, 0.1) is 11.7 Å². The second-order valence-electron chi connectivity index (χ2n) is 8.24. The minimum absolute atomic E-state index is 0.0440. The number of carbonyl (C=O) groups is 2. The molecule has 3 aromatic rings. The number of Topliss-reactive ketones (excluding diaryl/α,β-unsaturated/α-hetero) is 1. The standard InChI is InChI=1S/C25H28FN3O6/c1-4-21(34-18-8-5-15(6-9-18)22(32)14(2)3)25-28-23(29-35-25)16-7-10-19(20(26)11-16)24(33)27-17(12-30)13-31/h5-11,14,17,21,30-31H,4,12-13H2,1-3H3,(H,27,33). The number of hydrogen-bond donors (Lipinski definition) is 3. The van der Waals surface area contributed by atoms with Crippen molar-refractivity contribution in [2.75, 3.05) is 13.2 Å². The molecular weight excluding hydrogens is 457 g/mol. The van der Waals surface area contributed by atoms with E-state index in [0.29, 0.717) is 23.3 Å². The van der Waals surface area contributed by atoms with E-state index in [-0.39, 0.29) is 29.0 Å². The summed E-state index contributed by atoms with van der Waals surface area (Å²) in [5.74, 6) is -0.801. The van der Waals surface area contributed by atoms with Crippen LogP contribution < -0.4 is 10.1 Å². The monoisotopic (exact) mass is 485 g/mol. The molecule has 0 aliphatic carbocycles. The van der Waals surface area contributed by atoms with Crippen LogP contribution in [0.4, 0.5) is 4.39 Å². The highest BCUT2D eigenvalue weighted by atomic mass is 19.1. The first kappa shape index (κ1) is 26.0. The van der Waals surface area contributed by atoms with E-state index in [9.17, 15) is 14.0 Å². The van der Waals surface area contributed by atoms with Gasteiger partial charge >= 0.3 is 0 Å². The Bertz CT molecular complexity index is 1160. The molecule has 1 aromatic heterocycles. The second kappa shape index (κ2) is 11.7. The number of aliphatic hydroxyl groups is 2. The highest BCUT2D eigenvalue weighted by Gasteiger charge is 2.22. The fourth-order valence-corrected chi connectivity index (χ4v) is 3.24. The van der Waals surface area contributed by atoms with Gasteiger partial charge in [0.1, 0.15) is 11.6 Å². The molecule has 0 aliphatic heterocycles. The van der Waals surface area contributed by atoms with Crippen molar-refractivity contribution in [3.05, 3.63) is 65.3 Å². The number of hydrogen-bond acceptors (Lipinski definition) is 8. The molecule has 2 aromatic carbocycles. The van der Waals surface area contributed by atoms with Crippen LogP contribution in [0.15, 0.2) is 47.0 Å². The number of aromatic nitrogens is 2. The summed E-state index contributed by atoms with van der Waals surface area (Å²) in [6.07, 6.45) is -0.0507. The van der Waals surface area contributed by atoms with Gasteiger partial charge in [0, 0.05) is 17.0 Å². The van der Waals surface area contributed by atoms with Gasteiger partial charge in [-0.1, -0.05) is 32.0 Å². The molecule has 0 radical (unpaired) electrons. The Labute approximate surface area is 201 Å². The number of aliphatic hydroxyl groups excluding tert-OH is 2. The summed E-state index contributed by atoms with van der Waals surface area (Å²) in [7, 11) is 0. The minimum Gasteiger partial charge on any atom is -0.481 e. The topological polar surface area (TPSA) is 135 Å². The SMILES string of the molecule is CCC(Oc1ccc(C(=O)C(C)C)cc1)c1nc(-c2ccc(C(=O)NC(CO)CO)c(F)c2)no1. The van der Waals surface area contributed by atoms with Crippen LogP contribution >= 0.6 is 0 Å². The smallest absolute Gasteiger partial charge is 0.268 e. The molecule has 0 saturated carbocycles. The van der Waals surface area contributed by atoms with Gasteiger partial charge in [0.05, 0.1) is 24.8 Å². The zero-order chi connectivity index (χ0) is 25.5. The molecule has 9 nitrogen and oxygen atoms in total. The first-order chi connectivity index (χ1) is 16.8. The second-order valence-corrected chi connectivity index (χ2v) is 8.24. The van der Waals surface area contributed by atoms with Crippen molar-refractivity contribution in [2.45, 2.75) is 39.3 Å². The average molecular weight is 486 g/mol. The molecule has 0 aliphatic rings. The van der Waals surface area contributed by atoms with Crippen molar-refractivity contribution in [1.82, 2.24) is 15.5 Å². The zero-order valence-corrected chi connectivity index (χ0v) is 19.7. The molecular formula is C25H28FN3O6. The molecule has 35 heavy (non-hydrogen) atoms. The number of benzene rings is 2. The number of nitrogens with zero attached hydrogens (tertiary/aromatic N) is 2. The van der Waals surface area contributed by atoms with Gasteiger partial charge in [0.25, 0.3) is 11.8 Å². The molecule has 1 amide bonds. The Balaban J connectivity index is 1.73. The predicted molar refractivity (Wildman–Crippen MR) is 124 cm³/mol. The van der Waals surface area contributed by atoms with Crippen molar-refractivity contribution >= 4 is 11.7 Å². The number of rotatable bonds is 11. The molecule has 0 spiro atoms. The Hall–Kier alpha value is -3.63. The van der Waals surface area contributed by atoms with Crippen molar-refractivity contribution in [3.63, 3.8) is 0 Å². The Morgan fingerprint density at radius 1 is 1.11 bits per heavy atom. The Kier molecular flexibility index (Phi) is 8.67. The van der Waals surface area contributed by atoms with E-state index in [1.165, 1.54) is 12.1 Å². The third-order valence-corrected chi connectivity index (χ3v) is 5.28. The third-order valence-electron chi connectivity index (χ3n) is 5.28. The molecule has 3 rings (SSSR count). The number of ether oxygens (including phenoxy) is 1. The first-order valence-electron chi connectivity index (χ1n) is 11.2. The van der Waals surface area contributed by atoms with Gasteiger partial charge in [0.2, 0.25) is 5.82 Å². The van der Waals surface area contributed by atoms with Gasteiger partial charge in [-0.25, -0.2) is 4.39 Å². The fraction of sp³-hybridized carbons (Fsp3) is 0.360. The molecule has 0 bridgehead atoms. The summed E-state index contributed by atoms with van der Waals surface area (Å²) >= 11 is 0. The summed E-state index contributed by atoms with van der Waals surface area (Å²) in [5, 5.41) is 24.4.